The minimum atomic E-state index is -4.17. The number of rotatable bonds is 2. The Bertz CT molecular complexity index is 476. The molecule has 7 heteroatoms. The van der Waals surface area contributed by atoms with Crippen molar-refractivity contribution in [2.45, 2.75) is 0 Å². The lowest BCUT2D eigenvalue weighted by Crippen LogP contribution is -1.89. The molecule has 0 saturated carbocycles. The zero-order valence-electron chi connectivity index (χ0n) is 7.41. The fraction of sp³-hybridized carbons (Fsp3) is 0. The van der Waals surface area contributed by atoms with Crippen LogP contribution < -0.4 is 0 Å². The molecule has 1 aliphatic rings. The van der Waals surface area contributed by atoms with Crippen LogP contribution in [0, 0.1) is 0 Å². The molecule has 2 heterocycles. The van der Waals surface area contributed by atoms with E-state index in [2.05, 4.69) is 14.8 Å². The number of thiophene rings is 1. The van der Waals surface area contributed by atoms with Crippen molar-refractivity contribution in [1.82, 2.24) is 0 Å². The lowest BCUT2D eigenvalue weighted by molar-refractivity contribution is 0.396. The van der Waals surface area contributed by atoms with Gasteiger partial charge in [-0.25, -0.2) is 4.57 Å². The maximum absolute atomic E-state index is 11.5. The number of halogens is 1. The number of allylic oxidation sites excluding steroid dienone is 2. The Hall–Kier alpha value is 0.160. The molecule has 1 unspecified atom stereocenters. The second-order valence-corrected chi connectivity index (χ2v) is 14.3. The second kappa shape index (κ2) is 3.87. The standard InChI is InChI=1S/C8H8BrO3PS2/c9-15(13(10,11)12)6-2-4-8(15)7-3-1-5-14-7/h1-6H,(H2,10,11,12). The molecule has 0 fully saturated rings. The normalized spacial score (nSPS) is 29.9. The van der Waals surface area contributed by atoms with Gasteiger partial charge in [0.2, 0.25) is 0 Å². The van der Waals surface area contributed by atoms with Crippen LogP contribution in [-0.2, 0) is 4.57 Å². The molecule has 2 N–H and O–H groups in total. The molecule has 0 aromatic carbocycles. The smallest absolute Gasteiger partial charge is 0.317 e. The molecular formula is C8H8BrO3PS2. The van der Waals surface area contributed by atoms with Gasteiger partial charge in [0.25, 0.3) is 0 Å². The zero-order valence-corrected chi connectivity index (χ0v) is 11.5. The molecule has 0 amide bonds. The monoisotopic (exact) mass is 326 g/mol. The second-order valence-electron chi connectivity index (χ2n) is 2.88. The lowest BCUT2D eigenvalue weighted by Gasteiger charge is -2.29. The van der Waals surface area contributed by atoms with Crippen molar-refractivity contribution in [3.05, 3.63) is 40.0 Å². The quantitative estimate of drug-likeness (QED) is 0.812. The van der Waals surface area contributed by atoms with Gasteiger partial charge in [-0.15, -0.1) is 11.3 Å². The molecule has 3 nitrogen and oxygen atoms in total. The predicted molar refractivity (Wildman–Crippen MR) is 70.0 cm³/mol. The molecule has 0 radical (unpaired) electrons. The summed E-state index contributed by atoms with van der Waals surface area (Å²) in [7, 11) is -2.31. The molecule has 1 atom stereocenters. The van der Waals surface area contributed by atoms with Crippen molar-refractivity contribution in [3.8, 4) is 0 Å². The molecule has 0 spiro atoms. The van der Waals surface area contributed by atoms with Gasteiger partial charge in [-0.3, -0.25) is 0 Å². The summed E-state index contributed by atoms with van der Waals surface area (Å²) in [6.07, 6.45) is 3.45. The summed E-state index contributed by atoms with van der Waals surface area (Å²) < 4.78 is 11.5. The first-order valence-corrected chi connectivity index (χ1v) is 10.6. The lowest BCUT2D eigenvalue weighted by atomic mass is 10.4. The van der Waals surface area contributed by atoms with Crippen molar-refractivity contribution < 1.29 is 14.4 Å². The first kappa shape index (κ1) is 11.6. The van der Waals surface area contributed by atoms with E-state index in [-0.39, 0.29) is 0 Å². The van der Waals surface area contributed by atoms with Gasteiger partial charge in [0.1, 0.15) is 0 Å². The van der Waals surface area contributed by atoms with E-state index in [0.717, 1.165) is 4.88 Å². The average Bonchev–Trinajstić information content (AvgIpc) is 2.70. The van der Waals surface area contributed by atoms with Gasteiger partial charge in [-0.1, -0.05) is 12.1 Å². The van der Waals surface area contributed by atoms with E-state index >= 15 is 0 Å². The molecule has 1 aromatic heterocycles. The molecule has 0 saturated heterocycles. The average molecular weight is 327 g/mol. The predicted octanol–water partition coefficient (Wildman–Crippen LogP) is 3.82. The summed E-state index contributed by atoms with van der Waals surface area (Å²) in [5.41, 5.74) is 0. The topological polar surface area (TPSA) is 57.5 Å². The molecule has 2 rings (SSSR count). The molecule has 0 bridgehead atoms. The van der Waals surface area contributed by atoms with E-state index in [1.165, 1.54) is 11.3 Å². The highest BCUT2D eigenvalue weighted by atomic mass is 79.9. The van der Waals surface area contributed by atoms with Gasteiger partial charge in [0.05, 0.1) is 0 Å². The van der Waals surface area contributed by atoms with Crippen LogP contribution in [0.5, 0.6) is 0 Å². The highest BCUT2D eigenvalue weighted by Gasteiger charge is 2.43. The molecule has 1 aliphatic heterocycles. The van der Waals surface area contributed by atoms with Crippen LogP contribution in [0.4, 0.5) is 0 Å². The zero-order chi connectivity index (χ0) is 11.1. The van der Waals surface area contributed by atoms with Gasteiger partial charge < -0.3 is 9.79 Å². The van der Waals surface area contributed by atoms with Gasteiger partial charge in [0, 0.05) is 9.78 Å². The van der Waals surface area contributed by atoms with Crippen molar-refractivity contribution in [3.63, 3.8) is 0 Å². The van der Waals surface area contributed by atoms with Gasteiger partial charge in [-0.05, 0) is 45.8 Å². The minimum absolute atomic E-state index is 0.700. The summed E-state index contributed by atoms with van der Waals surface area (Å²) in [4.78, 5) is 20.3. The van der Waals surface area contributed by atoms with Gasteiger partial charge in [-0.2, -0.15) is 0 Å². The van der Waals surface area contributed by atoms with E-state index in [4.69, 9.17) is 0 Å². The highest BCUT2D eigenvalue weighted by molar-refractivity contribution is 9.68. The molecule has 82 valence electrons. The minimum Gasteiger partial charge on any atom is -0.317 e. The highest BCUT2D eigenvalue weighted by Crippen LogP contribution is 2.90. The number of hydrogen-bond acceptors (Lipinski definition) is 2. The SMILES string of the molecule is O=P(O)(O)S1(Br)C=CC=C1c1cccs1. The molecule has 0 aliphatic carbocycles. The van der Waals surface area contributed by atoms with Crippen molar-refractivity contribution in [1.29, 1.82) is 0 Å². The van der Waals surface area contributed by atoms with E-state index in [0.29, 0.717) is 4.91 Å². The van der Waals surface area contributed by atoms with Crippen LogP contribution in [0.2, 0.25) is 0 Å². The first-order valence-electron chi connectivity index (χ1n) is 3.96. The van der Waals surface area contributed by atoms with E-state index < -0.39 is 14.9 Å². The number of hydrogen-bond donors (Lipinski definition) is 2. The fourth-order valence-electron chi connectivity index (χ4n) is 1.25. The Morgan fingerprint density at radius 1 is 1.47 bits per heavy atom. The summed E-state index contributed by atoms with van der Waals surface area (Å²) in [6, 6.07) is 3.73. The van der Waals surface area contributed by atoms with Crippen LogP contribution in [0.3, 0.4) is 0 Å². The summed E-state index contributed by atoms with van der Waals surface area (Å²) in [5, 5.41) is 3.46. The first-order chi connectivity index (χ1) is 6.95. The van der Waals surface area contributed by atoms with E-state index in [9.17, 15) is 14.4 Å². The van der Waals surface area contributed by atoms with Gasteiger partial charge in [0.15, 0.2) is 0 Å². The van der Waals surface area contributed by atoms with Gasteiger partial charge >= 0.3 is 6.80 Å². The molecule has 1 aromatic rings. The van der Waals surface area contributed by atoms with Crippen molar-refractivity contribution in [2.24, 2.45) is 0 Å². The van der Waals surface area contributed by atoms with Crippen molar-refractivity contribution >= 4 is 45.9 Å². The summed E-state index contributed by atoms with van der Waals surface area (Å²) in [5.74, 6) is 0. The summed E-state index contributed by atoms with van der Waals surface area (Å²) in [6.45, 7) is -4.17. The Balaban J connectivity index is 2.49. The molecular weight excluding hydrogens is 319 g/mol. The van der Waals surface area contributed by atoms with E-state index in [1.54, 1.807) is 17.6 Å². The Morgan fingerprint density at radius 3 is 2.73 bits per heavy atom. The third-order valence-corrected chi connectivity index (χ3v) is 13.3. The van der Waals surface area contributed by atoms with Crippen LogP contribution in [0.25, 0.3) is 4.91 Å². The maximum atomic E-state index is 11.5. The van der Waals surface area contributed by atoms with Crippen LogP contribution in [-0.4, -0.2) is 9.79 Å². The van der Waals surface area contributed by atoms with Crippen LogP contribution >= 0.6 is 41.0 Å². The fourth-order valence-corrected chi connectivity index (χ4v) is 7.56. The third-order valence-electron chi connectivity index (χ3n) is 1.93. The Morgan fingerprint density at radius 2 is 2.20 bits per heavy atom. The van der Waals surface area contributed by atoms with Crippen molar-refractivity contribution in [2.75, 3.05) is 0 Å². The third kappa shape index (κ3) is 1.90. The summed E-state index contributed by atoms with van der Waals surface area (Å²) >= 11 is 4.70. The van der Waals surface area contributed by atoms with Crippen LogP contribution in [0.15, 0.2) is 35.1 Å². The Labute approximate surface area is 99.9 Å². The molecule has 15 heavy (non-hydrogen) atoms. The maximum Gasteiger partial charge on any atom is 0.383 e. The Kier molecular flexibility index (Phi) is 3.01. The van der Waals surface area contributed by atoms with Crippen LogP contribution in [0.1, 0.15) is 4.88 Å². The van der Waals surface area contributed by atoms with E-state index in [1.807, 2.05) is 17.5 Å². The largest absolute Gasteiger partial charge is 0.383 e.